The topological polar surface area (TPSA) is 36.4 Å². The van der Waals surface area contributed by atoms with Crippen LogP contribution in [-0.4, -0.2) is 37.6 Å². The van der Waals surface area contributed by atoms with Crippen LogP contribution in [-0.2, 0) is 0 Å². The van der Waals surface area contributed by atoms with Gasteiger partial charge in [-0.2, -0.15) is 23.1 Å². The highest BCUT2D eigenvalue weighted by Crippen LogP contribution is 2.18. The van der Waals surface area contributed by atoms with Crippen molar-refractivity contribution in [1.29, 1.82) is 0 Å². The molecule has 114 valence electrons. The molecule has 0 amide bonds. The molecule has 0 spiro atoms. The highest BCUT2D eigenvalue weighted by atomic mass is 32.2. The molecule has 0 aromatic carbocycles. The Labute approximate surface area is 131 Å². The number of thioether (sulfide) groups is 1. The van der Waals surface area contributed by atoms with Crippen LogP contribution in [0.15, 0.2) is 21.8 Å². The van der Waals surface area contributed by atoms with Crippen molar-refractivity contribution < 1.29 is 0 Å². The summed E-state index contributed by atoms with van der Waals surface area (Å²) < 4.78 is 0. The summed E-state index contributed by atoms with van der Waals surface area (Å²) in [6, 6.07) is 2.19. The van der Waals surface area contributed by atoms with Gasteiger partial charge in [0.1, 0.15) is 0 Å². The van der Waals surface area contributed by atoms with Gasteiger partial charge in [0.2, 0.25) is 0 Å². The predicted octanol–water partition coefficient (Wildman–Crippen LogP) is 3.55. The Morgan fingerprint density at radius 1 is 1.40 bits per heavy atom. The fraction of sp³-hybridized carbons (Fsp3) is 0.667. The molecule has 1 rings (SSSR count). The molecular formula is C15H27N3S2. The minimum absolute atomic E-state index is 0.480. The number of unbranched alkanes of at least 4 members (excludes halogenated alkanes) is 1. The summed E-state index contributed by atoms with van der Waals surface area (Å²) in [4.78, 5) is 4.68. The number of nitrogens with zero attached hydrogens (tertiary/aromatic N) is 1. The van der Waals surface area contributed by atoms with Gasteiger partial charge in [0.05, 0.1) is 0 Å². The van der Waals surface area contributed by atoms with Gasteiger partial charge in [0.25, 0.3) is 0 Å². The number of hydrogen-bond donors (Lipinski definition) is 2. The van der Waals surface area contributed by atoms with Gasteiger partial charge in [-0.25, -0.2) is 0 Å². The molecule has 1 heterocycles. The molecular weight excluding hydrogens is 286 g/mol. The van der Waals surface area contributed by atoms with E-state index in [1.807, 2.05) is 11.8 Å². The molecule has 20 heavy (non-hydrogen) atoms. The lowest BCUT2D eigenvalue weighted by Gasteiger charge is -2.13. The molecule has 1 unspecified atom stereocenters. The van der Waals surface area contributed by atoms with Crippen LogP contribution in [0.2, 0.25) is 0 Å². The quantitative estimate of drug-likeness (QED) is 0.416. The maximum absolute atomic E-state index is 4.68. The molecule has 1 aromatic rings. The average Bonchev–Trinajstić information content (AvgIpc) is 2.98. The van der Waals surface area contributed by atoms with Crippen LogP contribution in [0.4, 0.5) is 0 Å². The van der Waals surface area contributed by atoms with Crippen molar-refractivity contribution >= 4 is 29.1 Å². The van der Waals surface area contributed by atoms with Crippen molar-refractivity contribution in [3.63, 3.8) is 0 Å². The minimum Gasteiger partial charge on any atom is -0.357 e. The van der Waals surface area contributed by atoms with Gasteiger partial charge in [0, 0.05) is 25.6 Å². The number of guanidine groups is 1. The van der Waals surface area contributed by atoms with Crippen molar-refractivity contribution in [2.24, 2.45) is 4.99 Å². The van der Waals surface area contributed by atoms with Crippen LogP contribution in [0.5, 0.6) is 0 Å². The maximum atomic E-state index is 4.68. The summed E-state index contributed by atoms with van der Waals surface area (Å²) in [6.07, 6.45) is 4.62. The van der Waals surface area contributed by atoms with E-state index < -0.39 is 0 Å². The molecule has 0 saturated heterocycles. The fourth-order valence-corrected chi connectivity index (χ4v) is 3.08. The first-order valence-electron chi connectivity index (χ1n) is 7.31. The number of thiophene rings is 1. The summed E-state index contributed by atoms with van der Waals surface area (Å²) in [5, 5.41) is 11.1. The van der Waals surface area contributed by atoms with E-state index in [2.05, 4.69) is 52.6 Å². The van der Waals surface area contributed by atoms with Gasteiger partial charge < -0.3 is 10.6 Å². The highest BCUT2D eigenvalue weighted by molar-refractivity contribution is 7.98. The van der Waals surface area contributed by atoms with Crippen LogP contribution in [0, 0.1) is 0 Å². The molecule has 0 radical (unpaired) electrons. The molecule has 0 bridgehead atoms. The molecule has 0 aliphatic carbocycles. The zero-order valence-corrected chi connectivity index (χ0v) is 14.4. The molecule has 0 saturated carbocycles. The monoisotopic (exact) mass is 313 g/mol. The van der Waals surface area contributed by atoms with E-state index in [1.54, 1.807) is 11.3 Å². The summed E-state index contributed by atoms with van der Waals surface area (Å²) in [5.41, 5.74) is 1.38. The summed E-state index contributed by atoms with van der Waals surface area (Å²) in [5.74, 6) is 2.66. The molecule has 0 aliphatic heterocycles. The Morgan fingerprint density at radius 3 is 2.90 bits per heavy atom. The van der Waals surface area contributed by atoms with Gasteiger partial charge in [-0.05, 0) is 54.2 Å². The largest absolute Gasteiger partial charge is 0.357 e. The number of nitrogens with one attached hydrogen (secondary N) is 2. The van der Waals surface area contributed by atoms with Gasteiger partial charge in [0.15, 0.2) is 5.96 Å². The Hall–Kier alpha value is -0.680. The van der Waals surface area contributed by atoms with Crippen LogP contribution in [0.1, 0.15) is 38.2 Å². The Balaban J connectivity index is 2.34. The van der Waals surface area contributed by atoms with Crippen molar-refractivity contribution in [3.05, 3.63) is 22.4 Å². The van der Waals surface area contributed by atoms with Crippen molar-refractivity contribution in [1.82, 2.24) is 10.6 Å². The number of aliphatic imine (C=N–C) groups is 1. The van der Waals surface area contributed by atoms with Crippen molar-refractivity contribution in [2.75, 3.05) is 31.6 Å². The van der Waals surface area contributed by atoms with Gasteiger partial charge >= 0.3 is 0 Å². The molecule has 0 aliphatic rings. The smallest absolute Gasteiger partial charge is 0.191 e. The van der Waals surface area contributed by atoms with Gasteiger partial charge in [-0.3, -0.25) is 4.99 Å². The molecule has 1 atom stereocenters. The van der Waals surface area contributed by atoms with E-state index in [9.17, 15) is 0 Å². The third kappa shape index (κ3) is 7.20. The standard InChI is InChI=1S/C15H27N3S2/c1-4-16-15(17-8-5-6-9-19-3)18-11-13(2)14-7-10-20-12-14/h7,10,12-13H,4-6,8-9,11H2,1-3H3,(H2,16,17,18). The Kier molecular flexibility index (Phi) is 9.58. The van der Waals surface area contributed by atoms with E-state index in [1.165, 1.54) is 24.2 Å². The lowest BCUT2D eigenvalue weighted by Crippen LogP contribution is -2.38. The van der Waals surface area contributed by atoms with Gasteiger partial charge in [-0.15, -0.1) is 0 Å². The van der Waals surface area contributed by atoms with E-state index >= 15 is 0 Å². The molecule has 3 nitrogen and oxygen atoms in total. The fourth-order valence-electron chi connectivity index (χ4n) is 1.81. The summed E-state index contributed by atoms with van der Waals surface area (Å²) >= 11 is 3.66. The van der Waals surface area contributed by atoms with Crippen LogP contribution in [0.25, 0.3) is 0 Å². The Morgan fingerprint density at radius 2 is 2.25 bits per heavy atom. The lowest BCUT2D eigenvalue weighted by atomic mass is 10.1. The second-order valence-electron chi connectivity index (χ2n) is 4.80. The normalized spacial score (nSPS) is 13.2. The van der Waals surface area contributed by atoms with E-state index in [0.29, 0.717) is 5.92 Å². The highest BCUT2D eigenvalue weighted by Gasteiger charge is 2.05. The molecule has 0 fully saturated rings. The lowest BCUT2D eigenvalue weighted by molar-refractivity contribution is 0.719. The second-order valence-corrected chi connectivity index (χ2v) is 6.57. The minimum atomic E-state index is 0.480. The number of rotatable bonds is 9. The first-order chi connectivity index (χ1) is 9.77. The third-order valence-corrected chi connectivity index (χ3v) is 4.45. The first kappa shape index (κ1) is 17.4. The van der Waals surface area contributed by atoms with Crippen LogP contribution >= 0.6 is 23.1 Å². The van der Waals surface area contributed by atoms with Gasteiger partial charge in [-0.1, -0.05) is 6.92 Å². The summed E-state index contributed by atoms with van der Waals surface area (Å²) in [6.45, 7) is 7.07. The summed E-state index contributed by atoms with van der Waals surface area (Å²) in [7, 11) is 0. The predicted molar refractivity (Wildman–Crippen MR) is 94.3 cm³/mol. The first-order valence-corrected chi connectivity index (χ1v) is 9.64. The molecule has 5 heteroatoms. The van der Waals surface area contributed by atoms with E-state index in [0.717, 1.165) is 25.6 Å². The van der Waals surface area contributed by atoms with E-state index in [4.69, 9.17) is 0 Å². The van der Waals surface area contributed by atoms with Crippen molar-refractivity contribution in [3.8, 4) is 0 Å². The number of hydrogen-bond acceptors (Lipinski definition) is 3. The van der Waals surface area contributed by atoms with E-state index in [-0.39, 0.29) is 0 Å². The average molecular weight is 314 g/mol. The SMILES string of the molecule is CCNC(=NCC(C)c1ccsc1)NCCCCSC. The zero-order chi connectivity index (χ0) is 14.6. The third-order valence-electron chi connectivity index (χ3n) is 3.05. The van der Waals surface area contributed by atoms with Crippen LogP contribution < -0.4 is 10.6 Å². The maximum Gasteiger partial charge on any atom is 0.191 e. The van der Waals surface area contributed by atoms with Crippen LogP contribution in [0.3, 0.4) is 0 Å². The van der Waals surface area contributed by atoms with Crippen molar-refractivity contribution in [2.45, 2.75) is 32.6 Å². The zero-order valence-electron chi connectivity index (χ0n) is 12.8. The Bertz CT molecular complexity index is 363. The molecule has 1 aromatic heterocycles. The molecule has 2 N–H and O–H groups in total. The second kappa shape index (κ2) is 11.0.